The minimum atomic E-state index is 0.315. The largest absolute Gasteiger partial charge is 0.452 e. The molecule has 9 aromatic carbocycles. The van der Waals surface area contributed by atoms with Gasteiger partial charge in [-0.2, -0.15) is 0 Å². The van der Waals surface area contributed by atoms with Crippen LogP contribution in [0.2, 0.25) is 0 Å². The second-order valence-corrected chi connectivity index (χ2v) is 15.3. The lowest BCUT2D eigenvalue weighted by molar-refractivity contribution is 0.605. The van der Waals surface area contributed by atoms with Gasteiger partial charge in [0.25, 0.3) is 0 Å². The van der Waals surface area contributed by atoms with Crippen LogP contribution in [0.4, 0.5) is 5.69 Å². The highest BCUT2D eigenvalue weighted by atomic mass is 32.1. The van der Waals surface area contributed by atoms with Crippen molar-refractivity contribution in [2.75, 3.05) is 0 Å². The SMILES string of the molecule is N=C(c1oc2ccccc2c1N=Cn1c2ccc3ccccc3c2c2c3c4ccccc4c4ccccc4c3ccc21)c1cccc2sc3ccccc3c12. The zero-order chi connectivity index (χ0) is 36.2. The molecule has 0 saturated carbocycles. The smallest absolute Gasteiger partial charge is 0.179 e. The Morgan fingerprint density at radius 2 is 1.09 bits per heavy atom. The summed E-state index contributed by atoms with van der Waals surface area (Å²) in [4.78, 5) is 5.29. The first-order chi connectivity index (χ1) is 27.2. The Balaban J connectivity index is 1.15. The summed E-state index contributed by atoms with van der Waals surface area (Å²) >= 11 is 1.75. The van der Waals surface area contributed by atoms with Crippen LogP contribution >= 0.6 is 11.3 Å². The molecule has 0 fully saturated rings. The van der Waals surface area contributed by atoms with E-state index in [4.69, 9.17) is 9.41 Å². The van der Waals surface area contributed by atoms with Crippen LogP contribution in [0.15, 0.2) is 173 Å². The number of hydrogen-bond donors (Lipinski definition) is 1. The van der Waals surface area contributed by atoms with Gasteiger partial charge in [0.15, 0.2) is 5.76 Å². The lowest BCUT2D eigenvalue weighted by Gasteiger charge is -2.12. The molecule has 0 aliphatic carbocycles. The molecule has 0 aliphatic rings. The topological polar surface area (TPSA) is 54.3 Å². The van der Waals surface area contributed by atoms with Gasteiger partial charge in [-0.25, -0.2) is 4.99 Å². The van der Waals surface area contributed by atoms with E-state index >= 15 is 0 Å². The second kappa shape index (κ2) is 11.5. The van der Waals surface area contributed by atoms with Crippen LogP contribution in [0, 0.1) is 5.41 Å². The molecule has 0 spiro atoms. The maximum absolute atomic E-state index is 9.71. The minimum absolute atomic E-state index is 0.315. The van der Waals surface area contributed by atoms with E-state index in [9.17, 15) is 5.41 Å². The van der Waals surface area contributed by atoms with Gasteiger partial charge in [-0.15, -0.1) is 11.3 Å². The highest BCUT2D eigenvalue weighted by molar-refractivity contribution is 7.25. The van der Waals surface area contributed by atoms with Crippen molar-refractivity contribution in [2.45, 2.75) is 0 Å². The van der Waals surface area contributed by atoms with Gasteiger partial charge >= 0.3 is 0 Å². The lowest BCUT2D eigenvalue weighted by atomic mass is 9.91. The summed E-state index contributed by atoms with van der Waals surface area (Å²) in [6.07, 6.45) is 1.93. The van der Waals surface area contributed by atoms with Gasteiger partial charge in [0.2, 0.25) is 0 Å². The number of hydrogen-bond acceptors (Lipinski definition) is 4. The normalized spacial score (nSPS) is 12.4. The molecule has 0 radical (unpaired) electrons. The number of furan rings is 1. The van der Waals surface area contributed by atoms with Crippen molar-refractivity contribution >= 4 is 125 Å². The summed E-state index contributed by atoms with van der Waals surface area (Å²) in [5, 5.41) is 25.1. The zero-order valence-corrected chi connectivity index (χ0v) is 30.2. The second-order valence-electron chi connectivity index (χ2n) is 14.2. The van der Waals surface area contributed by atoms with Gasteiger partial charge in [0.1, 0.15) is 23.3 Å². The average molecular weight is 720 g/mol. The number of aliphatic imine (C=N–C) groups is 1. The molecule has 3 heterocycles. The van der Waals surface area contributed by atoms with Crippen molar-refractivity contribution in [3.63, 3.8) is 0 Å². The van der Waals surface area contributed by atoms with Crippen LogP contribution in [0.5, 0.6) is 0 Å². The van der Waals surface area contributed by atoms with Crippen LogP contribution in [0.3, 0.4) is 0 Å². The summed E-state index contributed by atoms with van der Waals surface area (Å²) in [5.41, 5.74) is 4.64. The van der Waals surface area contributed by atoms with E-state index in [1.54, 1.807) is 11.3 Å². The minimum Gasteiger partial charge on any atom is -0.452 e. The fraction of sp³-hybridized carbons (Fsp3) is 0. The molecule has 0 amide bonds. The monoisotopic (exact) mass is 719 g/mol. The summed E-state index contributed by atoms with van der Waals surface area (Å²) in [6.45, 7) is 0. The number of thiophene rings is 1. The van der Waals surface area contributed by atoms with Gasteiger partial charge < -0.3 is 4.42 Å². The first-order valence-corrected chi connectivity index (χ1v) is 19.3. The third-order valence-electron chi connectivity index (χ3n) is 11.3. The highest BCUT2D eigenvalue weighted by Gasteiger charge is 2.23. The fourth-order valence-corrected chi connectivity index (χ4v) is 10.1. The Morgan fingerprint density at radius 3 is 1.91 bits per heavy atom. The van der Waals surface area contributed by atoms with Gasteiger partial charge in [-0.3, -0.25) is 9.98 Å². The van der Waals surface area contributed by atoms with E-state index in [2.05, 4.69) is 132 Å². The molecular formula is C50H29N3OS. The van der Waals surface area contributed by atoms with Crippen molar-refractivity contribution in [1.29, 1.82) is 5.41 Å². The van der Waals surface area contributed by atoms with Crippen molar-refractivity contribution in [3.8, 4) is 0 Å². The Morgan fingerprint density at radius 1 is 0.491 bits per heavy atom. The fourth-order valence-electron chi connectivity index (χ4n) is 8.97. The van der Waals surface area contributed by atoms with Crippen molar-refractivity contribution in [2.24, 2.45) is 4.99 Å². The summed E-state index contributed by atoms with van der Waals surface area (Å²) in [6, 6.07) is 57.7. The van der Waals surface area contributed by atoms with Crippen LogP contribution in [0.25, 0.3) is 96.0 Å². The summed E-state index contributed by atoms with van der Waals surface area (Å²) in [5.74, 6) is 0.453. The van der Waals surface area contributed by atoms with Crippen molar-refractivity contribution in [3.05, 3.63) is 175 Å². The molecule has 0 bridgehead atoms. The summed E-state index contributed by atoms with van der Waals surface area (Å²) in [7, 11) is 0. The number of fused-ring (bicyclic) bond motifs is 16. The molecule has 55 heavy (non-hydrogen) atoms. The van der Waals surface area contributed by atoms with Gasteiger partial charge in [0.05, 0.1) is 11.0 Å². The number of para-hydroxylation sites is 1. The highest BCUT2D eigenvalue weighted by Crippen LogP contribution is 2.45. The lowest BCUT2D eigenvalue weighted by Crippen LogP contribution is -2.01. The van der Waals surface area contributed by atoms with Crippen LogP contribution in [-0.4, -0.2) is 16.6 Å². The predicted molar refractivity (Wildman–Crippen MR) is 234 cm³/mol. The molecule has 0 aliphatic heterocycles. The van der Waals surface area contributed by atoms with Crippen LogP contribution < -0.4 is 0 Å². The molecule has 12 aromatic rings. The molecule has 4 nitrogen and oxygen atoms in total. The van der Waals surface area contributed by atoms with E-state index < -0.39 is 0 Å². The average Bonchev–Trinajstić information content (AvgIpc) is 3.92. The van der Waals surface area contributed by atoms with Crippen LogP contribution in [-0.2, 0) is 0 Å². The quantitative estimate of drug-likeness (QED) is 0.110. The molecule has 12 rings (SSSR count). The number of aromatic nitrogens is 1. The van der Waals surface area contributed by atoms with E-state index in [1.807, 2.05) is 42.7 Å². The zero-order valence-electron chi connectivity index (χ0n) is 29.4. The summed E-state index contributed by atoms with van der Waals surface area (Å²) < 4.78 is 11.1. The number of rotatable bonds is 4. The maximum atomic E-state index is 9.71. The van der Waals surface area contributed by atoms with Gasteiger partial charge in [-0.1, -0.05) is 127 Å². The molecule has 256 valence electrons. The van der Waals surface area contributed by atoms with Crippen molar-refractivity contribution in [1.82, 2.24) is 4.57 Å². The Kier molecular flexibility index (Phi) is 6.33. The Hall–Kier alpha value is -7.08. The van der Waals surface area contributed by atoms with E-state index in [0.717, 1.165) is 37.5 Å². The van der Waals surface area contributed by atoms with Crippen LogP contribution in [0.1, 0.15) is 11.3 Å². The molecule has 0 unspecified atom stereocenters. The third kappa shape index (κ3) is 4.27. The van der Waals surface area contributed by atoms with E-state index in [0.29, 0.717) is 22.7 Å². The number of benzene rings is 9. The number of nitrogens with one attached hydrogen (secondary N) is 1. The first-order valence-electron chi connectivity index (χ1n) is 18.5. The molecule has 0 saturated heterocycles. The predicted octanol–water partition coefficient (Wildman–Crippen LogP) is 14.1. The first kappa shape index (κ1) is 30.4. The third-order valence-corrected chi connectivity index (χ3v) is 12.5. The van der Waals surface area contributed by atoms with E-state index in [-0.39, 0.29) is 0 Å². The van der Waals surface area contributed by atoms with Gasteiger partial charge in [-0.05, 0) is 74.1 Å². The molecule has 1 N–H and O–H groups in total. The van der Waals surface area contributed by atoms with Gasteiger partial charge in [0, 0.05) is 47.3 Å². The molecule has 5 heteroatoms. The number of nitrogens with zero attached hydrogens (tertiary/aromatic N) is 2. The Bertz CT molecular complexity index is 3600. The standard InChI is InChI=1S/C50H29N3OS/c51-48(38-20-11-23-43-44(38)37-19-8-10-22-42(37)55-43)50-49(36-18-7-9-21-41(36)54-50)52-28-53-39-26-24-29-12-1-2-13-30(29)46(39)47-40(53)27-25-35-33-16-4-3-14-31(33)32-15-5-6-17-34(32)45(35)47/h1-28,51H. The molecule has 3 aromatic heterocycles. The molecular weight excluding hydrogens is 691 g/mol. The molecule has 0 atom stereocenters. The Labute approximate surface area is 318 Å². The van der Waals surface area contributed by atoms with E-state index in [1.165, 1.54) is 58.6 Å². The maximum Gasteiger partial charge on any atom is 0.179 e. The van der Waals surface area contributed by atoms with Crippen molar-refractivity contribution < 1.29 is 4.42 Å².